The molecule has 0 fully saturated rings. The first kappa shape index (κ1) is 15.6. The zero-order valence-electron chi connectivity index (χ0n) is 12.2. The van der Waals surface area contributed by atoms with Crippen molar-refractivity contribution in [2.75, 3.05) is 11.6 Å². The molecule has 3 aromatic rings. The normalized spacial score (nSPS) is 10.7. The Labute approximate surface area is 140 Å². The van der Waals surface area contributed by atoms with Crippen molar-refractivity contribution in [3.05, 3.63) is 52.3 Å². The van der Waals surface area contributed by atoms with Gasteiger partial charge in [0.2, 0.25) is 5.91 Å². The van der Waals surface area contributed by atoms with Gasteiger partial charge in [-0.3, -0.25) is 4.79 Å². The van der Waals surface area contributed by atoms with Gasteiger partial charge in [0, 0.05) is 10.6 Å². The molecule has 0 bridgehead atoms. The van der Waals surface area contributed by atoms with E-state index in [1.165, 1.54) is 11.3 Å². The molecule has 0 radical (unpaired) electrons. The van der Waals surface area contributed by atoms with Crippen molar-refractivity contribution < 1.29 is 9.21 Å². The lowest BCUT2D eigenvalue weighted by Crippen LogP contribution is -2.25. The smallest absolute Gasteiger partial charge is 0.387 e. The zero-order valence-corrected chi connectivity index (χ0v) is 13.8. The lowest BCUT2D eigenvalue weighted by Gasteiger charge is -2.05. The number of thioether (sulfide) groups is 1. The van der Waals surface area contributed by atoms with Crippen LogP contribution < -0.4 is 11.1 Å². The first-order valence-corrected chi connectivity index (χ1v) is 8.82. The third kappa shape index (κ3) is 3.72. The van der Waals surface area contributed by atoms with Crippen molar-refractivity contribution >= 4 is 34.7 Å². The number of nitrogens with zero attached hydrogens (tertiary/aromatic N) is 2. The summed E-state index contributed by atoms with van der Waals surface area (Å²) in [5, 5.41) is 8.66. The van der Waals surface area contributed by atoms with Gasteiger partial charge in [-0.2, -0.15) is 4.68 Å². The van der Waals surface area contributed by atoms with Gasteiger partial charge in [-0.05, 0) is 35.9 Å². The van der Waals surface area contributed by atoms with E-state index in [0.717, 1.165) is 14.5 Å². The van der Waals surface area contributed by atoms with Crippen molar-refractivity contribution in [3.8, 4) is 10.8 Å². The van der Waals surface area contributed by atoms with Gasteiger partial charge >= 0.3 is 5.76 Å². The quantitative estimate of drug-likeness (QED) is 0.718. The number of carbonyl (C=O) groups is 1. The van der Waals surface area contributed by atoms with Crippen LogP contribution in [0.25, 0.3) is 10.8 Å². The van der Waals surface area contributed by atoms with Gasteiger partial charge in [-0.1, -0.05) is 12.1 Å². The maximum absolute atomic E-state index is 12.1. The Morgan fingerprint density at radius 3 is 3.00 bits per heavy atom. The summed E-state index contributed by atoms with van der Waals surface area (Å²) in [6.07, 6.45) is 1.96. The van der Waals surface area contributed by atoms with Crippen LogP contribution in [0.1, 0.15) is 0 Å². The Morgan fingerprint density at radius 1 is 1.39 bits per heavy atom. The average Bonchev–Trinajstić information content (AvgIpc) is 3.18. The molecule has 118 valence electrons. The van der Waals surface area contributed by atoms with Gasteiger partial charge in [-0.25, -0.2) is 4.79 Å². The third-order valence-corrected chi connectivity index (χ3v) is 4.57. The molecule has 2 aromatic heterocycles. The van der Waals surface area contributed by atoms with Crippen molar-refractivity contribution in [1.29, 1.82) is 0 Å². The topological polar surface area (TPSA) is 77.1 Å². The largest absolute Gasteiger partial charge is 0.437 e. The van der Waals surface area contributed by atoms with Gasteiger partial charge in [0.05, 0.1) is 4.88 Å². The van der Waals surface area contributed by atoms with E-state index in [4.69, 9.17) is 4.42 Å². The molecular weight excluding hydrogens is 334 g/mol. The maximum atomic E-state index is 12.1. The van der Waals surface area contributed by atoms with Crippen LogP contribution in [-0.2, 0) is 11.3 Å². The van der Waals surface area contributed by atoms with Gasteiger partial charge in [0.15, 0.2) is 0 Å². The van der Waals surface area contributed by atoms with Crippen molar-refractivity contribution in [3.63, 3.8) is 0 Å². The Morgan fingerprint density at radius 2 is 2.26 bits per heavy atom. The highest BCUT2D eigenvalue weighted by Crippen LogP contribution is 2.21. The summed E-state index contributed by atoms with van der Waals surface area (Å²) in [6, 6.07) is 11.1. The first-order chi connectivity index (χ1) is 11.2. The molecule has 1 N–H and O–H groups in total. The molecule has 23 heavy (non-hydrogen) atoms. The van der Waals surface area contributed by atoms with E-state index in [1.807, 2.05) is 35.9 Å². The zero-order chi connectivity index (χ0) is 16.2. The fourth-order valence-electron chi connectivity index (χ4n) is 1.94. The molecule has 6 nitrogen and oxygen atoms in total. The summed E-state index contributed by atoms with van der Waals surface area (Å²) in [6.45, 7) is -0.197. The predicted molar refractivity (Wildman–Crippen MR) is 90.9 cm³/mol. The third-order valence-electron chi connectivity index (χ3n) is 2.99. The summed E-state index contributed by atoms with van der Waals surface area (Å²) in [5.74, 6) is -0.764. The van der Waals surface area contributed by atoms with E-state index < -0.39 is 5.76 Å². The van der Waals surface area contributed by atoms with Crippen molar-refractivity contribution in [2.45, 2.75) is 11.4 Å². The molecule has 0 spiro atoms. The SMILES string of the molecule is CSc1cccc(NC(=O)Cn2nc(-c3cccs3)oc2=O)c1. The Bertz CT molecular complexity index is 868. The molecular formula is C15H13N3O3S2. The van der Waals surface area contributed by atoms with Crippen molar-refractivity contribution in [2.24, 2.45) is 0 Å². The van der Waals surface area contributed by atoms with Crippen LogP contribution in [0.15, 0.2) is 55.9 Å². The van der Waals surface area contributed by atoms with Crippen LogP contribution in [0, 0.1) is 0 Å². The number of anilines is 1. The molecule has 0 saturated carbocycles. The van der Waals surface area contributed by atoms with E-state index in [2.05, 4.69) is 10.4 Å². The minimum atomic E-state index is -0.651. The number of carbonyl (C=O) groups excluding carboxylic acids is 1. The maximum Gasteiger partial charge on any atom is 0.437 e. The molecule has 0 aliphatic carbocycles. The number of rotatable bonds is 5. The van der Waals surface area contributed by atoms with Crippen LogP contribution >= 0.6 is 23.1 Å². The predicted octanol–water partition coefficient (Wildman–Crippen LogP) is 2.93. The van der Waals surface area contributed by atoms with E-state index in [-0.39, 0.29) is 18.3 Å². The van der Waals surface area contributed by atoms with Crippen LogP contribution in [0.4, 0.5) is 5.69 Å². The van der Waals surface area contributed by atoms with Crippen LogP contribution in [0.3, 0.4) is 0 Å². The average molecular weight is 347 g/mol. The minimum absolute atomic E-state index is 0.197. The second-order valence-electron chi connectivity index (χ2n) is 4.59. The highest BCUT2D eigenvalue weighted by atomic mass is 32.2. The lowest BCUT2D eigenvalue weighted by molar-refractivity contribution is -0.117. The highest BCUT2D eigenvalue weighted by Gasteiger charge is 2.14. The summed E-state index contributed by atoms with van der Waals surface area (Å²) < 4.78 is 6.09. The molecule has 0 atom stereocenters. The number of aromatic nitrogens is 2. The second-order valence-corrected chi connectivity index (χ2v) is 6.42. The summed E-state index contributed by atoms with van der Waals surface area (Å²) >= 11 is 3.00. The minimum Gasteiger partial charge on any atom is -0.387 e. The van der Waals surface area contributed by atoms with Gasteiger partial charge in [-0.15, -0.1) is 28.2 Å². The summed E-state index contributed by atoms with van der Waals surface area (Å²) in [4.78, 5) is 25.6. The van der Waals surface area contributed by atoms with E-state index in [0.29, 0.717) is 5.69 Å². The van der Waals surface area contributed by atoms with Crippen LogP contribution in [0.2, 0.25) is 0 Å². The molecule has 3 rings (SSSR count). The number of nitrogens with one attached hydrogen (secondary N) is 1. The Hall–Kier alpha value is -2.32. The highest BCUT2D eigenvalue weighted by molar-refractivity contribution is 7.98. The number of benzene rings is 1. The molecule has 0 unspecified atom stereocenters. The summed E-state index contributed by atoms with van der Waals surface area (Å²) in [5.41, 5.74) is 0.678. The van der Waals surface area contributed by atoms with Gasteiger partial charge in [0.1, 0.15) is 6.54 Å². The number of hydrogen-bond acceptors (Lipinski definition) is 6. The van der Waals surface area contributed by atoms with Crippen LogP contribution in [0.5, 0.6) is 0 Å². The van der Waals surface area contributed by atoms with E-state index in [9.17, 15) is 9.59 Å². The molecule has 1 aromatic carbocycles. The molecule has 8 heteroatoms. The van der Waals surface area contributed by atoms with E-state index in [1.54, 1.807) is 23.9 Å². The van der Waals surface area contributed by atoms with Crippen molar-refractivity contribution in [1.82, 2.24) is 9.78 Å². The fourth-order valence-corrected chi connectivity index (χ4v) is 3.05. The molecule has 0 aliphatic rings. The lowest BCUT2D eigenvalue weighted by atomic mass is 10.3. The molecule has 2 heterocycles. The van der Waals surface area contributed by atoms with E-state index >= 15 is 0 Å². The molecule has 0 saturated heterocycles. The second kappa shape index (κ2) is 6.84. The first-order valence-electron chi connectivity index (χ1n) is 6.71. The number of amides is 1. The Balaban J connectivity index is 1.72. The number of thiophene rings is 1. The summed E-state index contributed by atoms with van der Waals surface area (Å²) in [7, 11) is 0. The van der Waals surface area contributed by atoms with Crippen LogP contribution in [-0.4, -0.2) is 21.9 Å². The molecule has 1 amide bonds. The number of hydrogen-bond donors (Lipinski definition) is 1. The Kier molecular flexibility index (Phi) is 4.63. The fraction of sp³-hybridized carbons (Fsp3) is 0.133. The standard InChI is InChI=1S/C15H13N3O3S2/c1-22-11-5-2-4-10(8-11)16-13(19)9-18-15(20)21-14(17-18)12-6-3-7-23-12/h2-8H,9H2,1H3,(H,16,19). The monoisotopic (exact) mass is 347 g/mol. The van der Waals surface area contributed by atoms with Gasteiger partial charge < -0.3 is 9.73 Å². The van der Waals surface area contributed by atoms with Gasteiger partial charge in [0.25, 0.3) is 5.89 Å². The molecule has 0 aliphatic heterocycles.